The third kappa shape index (κ3) is 3.44. The average Bonchev–Trinajstić information content (AvgIpc) is 3.11. The molecular formula is C17H11Cl2NO2S2. The van der Waals surface area contributed by atoms with Crippen molar-refractivity contribution in [3.05, 3.63) is 63.7 Å². The molecule has 0 atom stereocenters. The summed E-state index contributed by atoms with van der Waals surface area (Å²) in [4.78, 5) is 14.3. The molecule has 3 nitrogen and oxygen atoms in total. The van der Waals surface area contributed by atoms with Crippen molar-refractivity contribution in [3.63, 3.8) is 0 Å². The molecule has 0 aliphatic carbocycles. The molecule has 3 rings (SSSR count). The van der Waals surface area contributed by atoms with Crippen LogP contribution in [0.15, 0.2) is 52.3 Å². The highest BCUT2D eigenvalue weighted by atomic mass is 35.5. The van der Waals surface area contributed by atoms with Gasteiger partial charge in [0, 0.05) is 23.2 Å². The molecule has 0 saturated carbocycles. The number of furan rings is 1. The highest BCUT2D eigenvalue weighted by Gasteiger charge is 2.31. The van der Waals surface area contributed by atoms with Crippen LogP contribution in [0.1, 0.15) is 5.76 Å². The summed E-state index contributed by atoms with van der Waals surface area (Å²) in [6.07, 6.45) is 3.31. The number of carbonyl (C=O) groups excluding carboxylic acids is 1. The van der Waals surface area contributed by atoms with Crippen molar-refractivity contribution in [1.29, 1.82) is 0 Å². The van der Waals surface area contributed by atoms with E-state index in [1.165, 1.54) is 16.7 Å². The summed E-state index contributed by atoms with van der Waals surface area (Å²) in [5.74, 6) is 0.971. The van der Waals surface area contributed by atoms with E-state index < -0.39 is 0 Å². The van der Waals surface area contributed by atoms with Crippen LogP contribution in [0.3, 0.4) is 0 Å². The fraction of sp³-hybridized carbons (Fsp3) is 0.0588. The van der Waals surface area contributed by atoms with Crippen molar-refractivity contribution in [2.45, 2.75) is 0 Å². The summed E-state index contributed by atoms with van der Waals surface area (Å²) < 4.78 is 6.29. The molecule has 122 valence electrons. The smallest absolute Gasteiger partial charge is 0.266 e. The molecule has 1 aromatic heterocycles. The molecule has 0 N–H and O–H groups in total. The lowest BCUT2D eigenvalue weighted by Gasteiger charge is -2.10. The first-order chi connectivity index (χ1) is 11.5. The van der Waals surface area contributed by atoms with Gasteiger partial charge in [-0.3, -0.25) is 9.69 Å². The first-order valence-corrected chi connectivity index (χ1v) is 8.89. The second-order valence-electron chi connectivity index (χ2n) is 4.91. The van der Waals surface area contributed by atoms with E-state index in [0.29, 0.717) is 42.9 Å². The van der Waals surface area contributed by atoms with Gasteiger partial charge >= 0.3 is 0 Å². The van der Waals surface area contributed by atoms with Gasteiger partial charge in [-0.1, -0.05) is 53.3 Å². The Kier molecular flexibility index (Phi) is 5.15. The molecule has 2 heterocycles. The van der Waals surface area contributed by atoms with Gasteiger partial charge in [0.1, 0.15) is 15.8 Å². The van der Waals surface area contributed by atoms with Crippen molar-refractivity contribution in [2.75, 3.05) is 6.54 Å². The highest BCUT2D eigenvalue weighted by molar-refractivity contribution is 8.26. The highest BCUT2D eigenvalue weighted by Crippen LogP contribution is 2.35. The molecular weight excluding hydrogens is 385 g/mol. The summed E-state index contributed by atoms with van der Waals surface area (Å²) in [6, 6.07) is 8.71. The Bertz CT molecular complexity index is 873. The number of thiocarbonyl (C=S) groups is 1. The molecule has 1 fully saturated rings. The van der Waals surface area contributed by atoms with Gasteiger partial charge in [0.15, 0.2) is 0 Å². The molecule has 0 unspecified atom stereocenters. The maximum absolute atomic E-state index is 12.3. The molecule has 1 aliphatic heterocycles. The topological polar surface area (TPSA) is 33.5 Å². The normalized spacial score (nSPS) is 16.2. The fourth-order valence-electron chi connectivity index (χ4n) is 2.18. The van der Waals surface area contributed by atoms with E-state index in [-0.39, 0.29) is 5.91 Å². The lowest BCUT2D eigenvalue weighted by molar-refractivity contribution is -0.121. The van der Waals surface area contributed by atoms with E-state index in [9.17, 15) is 4.79 Å². The summed E-state index contributed by atoms with van der Waals surface area (Å²) >= 11 is 18.6. The van der Waals surface area contributed by atoms with Crippen LogP contribution in [0.2, 0.25) is 10.0 Å². The van der Waals surface area contributed by atoms with Crippen LogP contribution < -0.4 is 0 Å². The molecule has 7 heteroatoms. The third-order valence-electron chi connectivity index (χ3n) is 3.28. The Balaban J connectivity index is 1.89. The fourth-order valence-corrected chi connectivity index (χ4v) is 3.82. The van der Waals surface area contributed by atoms with E-state index in [1.54, 1.807) is 42.5 Å². The van der Waals surface area contributed by atoms with Crippen molar-refractivity contribution in [2.24, 2.45) is 0 Å². The molecule has 0 spiro atoms. The minimum absolute atomic E-state index is 0.149. The number of halogens is 2. The number of nitrogens with zero attached hydrogens (tertiary/aromatic N) is 1. The van der Waals surface area contributed by atoms with Crippen molar-refractivity contribution < 1.29 is 9.21 Å². The minimum Gasteiger partial charge on any atom is -0.457 e. The van der Waals surface area contributed by atoms with Crippen LogP contribution in [0.4, 0.5) is 0 Å². The maximum atomic E-state index is 12.3. The van der Waals surface area contributed by atoms with Crippen LogP contribution in [-0.4, -0.2) is 21.7 Å². The lowest BCUT2D eigenvalue weighted by atomic mass is 10.2. The maximum Gasteiger partial charge on any atom is 0.266 e. The molecule has 0 bridgehead atoms. The molecule has 1 amide bonds. The number of hydrogen-bond donors (Lipinski definition) is 0. The second-order valence-corrected chi connectivity index (χ2v) is 7.43. The zero-order chi connectivity index (χ0) is 17.3. The predicted octanol–water partition coefficient (Wildman–Crippen LogP) is 5.64. The van der Waals surface area contributed by atoms with Gasteiger partial charge in [-0.05, 0) is 30.3 Å². The summed E-state index contributed by atoms with van der Waals surface area (Å²) in [5.41, 5.74) is 0.697. The van der Waals surface area contributed by atoms with Crippen LogP contribution in [0.25, 0.3) is 17.4 Å². The van der Waals surface area contributed by atoms with Crippen LogP contribution in [0.5, 0.6) is 0 Å². The van der Waals surface area contributed by atoms with Gasteiger partial charge < -0.3 is 4.42 Å². The Morgan fingerprint density at radius 3 is 2.83 bits per heavy atom. The Hall–Kier alpha value is -1.53. The Labute approximate surface area is 158 Å². The second kappa shape index (κ2) is 7.15. The molecule has 1 aromatic carbocycles. The van der Waals surface area contributed by atoms with Crippen molar-refractivity contribution in [1.82, 2.24) is 4.90 Å². The number of rotatable bonds is 4. The molecule has 0 radical (unpaired) electrons. The largest absolute Gasteiger partial charge is 0.457 e. The van der Waals surface area contributed by atoms with E-state index in [4.69, 9.17) is 39.8 Å². The Morgan fingerprint density at radius 1 is 1.29 bits per heavy atom. The first kappa shape index (κ1) is 17.3. The van der Waals surface area contributed by atoms with Crippen LogP contribution >= 0.6 is 47.2 Å². The molecule has 2 aromatic rings. The van der Waals surface area contributed by atoms with Gasteiger partial charge in [-0.15, -0.1) is 6.58 Å². The van der Waals surface area contributed by atoms with Gasteiger partial charge in [0.05, 0.1) is 9.93 Å². The molecule has 24 heavy (non-hydrogen) atoms. The standard InChI is InChI=1S/C17H11Cl2NO2S2/c1-2-7-20-16(21)15(24-17(20)23)9-11-4-6-14(22-11)12-8-10(18)3-5-13(12)19/h2-6,8-9H,1,7H2/b15-9+. The number of hydrogen-bond acceptors (Lipinski definition) is 4. The summed E-state index contributed by atoms with van der Waals surface area (Å²) in [5, 5.41) is 1.11. The van der Waals surface area contributed by atoms with Crippen molar-refractivity contribution >= 4 is 63.5 Å². The molecule has 1 saturated heterocycles. The third-order valence-corrected chi connectivity index (χ3v) is 5.22. The monoisotopic (exact) mass is 395 g/mol. The van der Waals surface area contributed by atoms with Crippen molar-refractivity contribution in [3.8, 4) is 11.3 Å². The number of amides is 1. The minimum atomic E-state index is -0.149. The van der Waals surface area contributed by atoms with Gasteiger partial charge in [0.2, 0.25) is 0 Å². The van der Waals surface area contributed by atoms with E-state index in [2.05, 4.69) is 6.58 Å². The zero-order valence-electron chi connectivity index (χ0n) is 12.3. The van der Waals surface area contributed by atoms with Gasteiger partial charge in [0.25, 0.3) is 5.91 Å². The summed E-state index contributed by atoms with van der Waals surface area (Å²) in [6.45, 7) is 4.02. The number of carbonyl (C=O) groups is 1. The summed E-state index contributed by atoms with van der Waals surface area (Å²) in [7, 11) is 0. The SMILES string of the molecule is C=CCN1C(=O)/C(=C\c2ccc(-c3cc(Cl)ccc3Cl)o2)SC1=S. The van der Waals surface area contributed by atoms with E-state index in [1.807, 2.05) is 0 Å². The van der Waals surface area contributed by atoms with Gasteiger partial charge in [-0.25, -0.2) is 0 Å². The zero-order valence-corrected chi connectivity index (χ0v) is 15.4. The van der Waals surface area contributed by atoms with Gasteiger partial charge in [-0.2, -0.15) is 0 Å². The quantitative estimate of drug-likeness (QED) is 0.380. The lowest BCUT2D eigenvalue weighted by Crippen LogP contribution is -2.27. The van der Waals surface area contributed by atoms with Crippen LogP contribution in [0, 0.1) is 0 Å². The van der Waals surface area contributed by atoms with E-state index in [0.717, 1.165) is 0 Å². The van der Waals surface area contributed by atoms with E-state index >= 15 is 0 Å². The predicted molar refractivity (Wildman–Crippen MR) is 104 cm³/mol. The van der Waals surface area contributed by atoms with Crippen LogP contribution in [-0.2, 0) is 4.79 Å². The number of thioether (sulfide) groups is 1. The molecule has 1 aliphatic rings. The average molecular weight is 396 g/mol. The first-order valence-electron chi connectivity index (χ1n) is 6.91. The Morgan fingerprint density at radius 2 is 2.08 bits per heavy atom. The number of benzene rings is 1.